The summed E-state index contributed by atoms with van der Waals surface area (Å²) in [6.07, 6.45) is 7.75. The van der Waals surface area contributed by atoms with Crippen molar-refractivity contribution in [2.75, 3.05) is 0 Å². The maximum Gasteiger partial charge on any atom is 0.156 e. The first kappa shape index (κ1) is 34.7. The molecule has 7 heteroatoms. The van der Waals surface area contributed by atoms with Crippen LogP contribution in [0.2, 0.25) is 0 Å². The summed E-state index contributed by atoms with van der Waals surface area (Å²) in [4.78, 5) is 15.0. The average molecular weight is 831 g/mol. The van der Waals surface area contributed by atoms with Gasteiger partial charge in [0.25, 0.3) is 0 Å². The first-order chi connectivity index (χ1) is 32.3. The van der Waals surface area contributed by atoms with Gasteiger partial charge in [-0.15, -0.1) is 0 Å². The van der Waals surface area contributed by atoms with Crippen molar-refractivity contribution in [2.45, 2.75) is 5.41 Å². The number of hydrogen-bond acceptors (Lipinski definition) is 4. The average Bonchev–Trinajstić information content (AvgIpc) is 4.08. The van der Waals surface area contributed by atoms with E-state index in [1.807, 2.05) is 24.8 Å². The molecule has 65 heavy (non-hydrogen) atoms. The molecule has 0 radical (unpaired) electrons. The predicted molar refractivity (Wildman–Crippen MR) is 260 cm³/mol. The van der Waals surface area contributed by atoms with E-state index in [1.54, 1.807) is 0 Å². The highest BCUT2D eigenvalue weighted by molar-refractivity contribution is 6.13. The minimum Gasteiger partial charge on any atom is -0.454 e. The molecule has 302 valence electrons. The highest BCUT2D eigenvalue weighted by Crippen LogP contribution is 2.62. The van der Waals surface area contributed by atoms with Crippen LogP contribution in [-0.4, -0.2) is 28.7 Å². The summed E-state index contributed by atoms with van der Waals surface area (Å²) in [6.45, 7) is 0. The summed E-state index contributed by atoms with van der Waals surface area (Å²) in [7, 11) is 0. The second-order valence-electron chi connectivity index (χ2n) is 17.2. The van der Waals surface area contributed by atoms with Crippen LogP contribution in [0.25, 0.3) is 93.9 Å². The Kier molecular flexibility index (Phi) is 6.76. The van der Waals surface area contributed by atoms with Crippen LogP contribution in [0.4, 0.5) is 0 Å². The Labute approximate surface area is 371 Å². The molecule has 0 saturated heterocycles. The number of nitrogens with zero attached hydrogens (tertiary/aromatic N) is 6. The fraction of sp³-hybridized carbons (Fsp3) is 0.0172. The molecule has 0 bridgehead atoms. The van der Waals surface area contributed by atoms with E-state index in [0.29, 0.717) is 0 Å². The van der Waals surface area contributed by atoms with E-state index in [1.165, 1.54) is 21.5 Å². The second-order valence-corrected chi connectivity index (χ2v) is 17.2. The lowest BCUT2D eigenvalue weighted by molar-refractivity contribution is 0.434. The van der Waals surface area contributed by atoms with Gasteiger partial charge in [0.05, 0.1) is 73.7 Å². The summed E-state index contributed by atoms with van der Waals surface area (Å²) < 4.78 is 14.3. The third-order valence-corrected chi connectivity index (χ3v) is 14.1. The molecule has 0 N–H and O–H groups in total. The number of rotatable bonds is 3. The first-order valence-corrected chi connectivity index (χ1v) is 22.0. The lowest BCUT2D eigenvalue weighted by Gasteiger charge is -2.39. The standard InChI is InChI=1S/C58H34N6O/c1-7-21-48-37(13-1)38-14-2-8-22-49(38)63(48)36-32-46-56(61-33-36)55-44(19-12-29-60-55)58(46)43-17-5-10-25-54(43)65-57-45(58)18-11-24-52(57)64-50-23-9-4-16-40(50)42-31-35(26-27-51(42)64)62-47-20-6-3-15-39(47)41-28-30-59-34-53(41)62/h1-34H. The van der Waals surface area contributed by atoms with Gasteiger partial charge in [0.15, 0.2) is 5.75 Å². The van der Waals surface area contributed by atoms with E-state index in [-0.39, 0.29) is 0 Å². The molecule has 0 fully saturated rings. The van der Waals surface area contributed by atoms with Crippen molar-refractivity contribution in [3.8, 4) is 39.9 Å². The molecular formula is C58H34N6O. The molecule has 2 aliphatic rings. The Morgan fingerprint density at radius 3 is 1.71 bits per heavy atom. The van der Waals surface area contributed by atoms with Gasteiger partial charge in [-0.1, -0.05) is 109 Å². The number of benzene rings is 7. The molecule has 7 nitrogen and oxygen atoms in total. The normalized spacial score (nSPS) is 15.0. The zero-order chi connectivity index (χ0) is 42.4. The summed E-state index contributed by atoms with van der Waals surface area (Å²) in [5, 5.41) is 7.12. The van der Waals surface area contributed by atoms with E-state index < -0.39 is 5.41 Å². The summed E-state index contributed by atoms with van der Waals surface area (Å²) in [5.74, 6) is 1.61. The molecule has 13 aromatic rings. The van der Waals surface area contributed by atoms with Crippen LogP contribution in [-0.2, 0) is 5.41 Å². The van der Waals surface area contributed by atoms with Gasteiger partial charge < -0.3 is 18.4 Å². The van der Waals surface area contributed by atoms with Gasteiger partial charge in [-0.3, -0.25) is 15.0 Å². The minimum atomic E-state index is -0.794. The van der Waals surface area contributed by atoms with Crippen molar-refractivity contribution in [2.24, 2.45) is 0 Å². The molecule has 1 atom stereocenters. The maximum absolute atomic E-state index is 7.27. The van der Waals surface area contributed by atoms with E-state index in [4.69, 9.17) is 14.7 Å². The summed E-state index contributed by atoms with van der Waals surface area (Å²) >= 11 is 0. The summed E-state index contributed by atoms with van der Waals surface area (Å²) in [5.41, 5.74) is 14.9. The predicted octanol–water partition coefficient (Wildman–Crippen LogP) is 13.6. The number of fused-ring (bicyclic) bond motifs is 18. The van der Waals surface area contributed by atoms with Crippen LogP contribution in [0, 0.1) is 0 Å². The zero-order valence-electron chi connectivity index (χ0n) is 34.7. The quantitative estimate of drug-likeness (QED) is 0.178. The second kappa shape index (κ2) is 12.6. The Bertz CT molecular complexity index is 4090. The molecule has 6 aromatic heterocycles. The Balaban J connectivity index is 1.01. The minimum absolute atomic E-state index is 0.794. The van der Waals surface area contributed by atoms with Crippen LogP contribution in [0.15, 0.2) is 207 Å². The Morgan fingerprint density at radius 1 is 0.369 bits per heavy atom. The number of pyridine rings is 3. The van der Waals surface area contributed by atoms with Gasteiger partial charge in [0.1, 0.15) is 5.75 Å². The van der Waals surface area contributed by atoms with Crippen LogP contribution in [0.1, 0.15) is 22.3 Å². The molecule has 7 heterocycles. The molecule has 1 unspecified atom stereocenters. The van der Waals surface area contributed by atoms with E-state index in [0.717, 1.165) is 106 Å². The molecule has 1 spiro atoms. The van der Waals surface area contributed by atoms with Crippen LogP contribution < -0.4 is 4.74 Å². The van der Waals surface area contributed by atoms with Gasteiger partial charge in [-0.05, 0) is 78.4 Å². The van der Waals surface area contributed by atoms with E-state index in [9.17, 15) is 0 Å². The molecule has 1 aliphatic heterocycles. The van der Waals surface area contributed by atoms with Crippen molar-refractivity contribution >= 4 is 65.4 Å². The third-order valence-electron chi connectivity index (χ3n) is 14.1. The van der Waals surface area contributed by atoms with Crippen molar-refractivity contribution in [3.05, 3.63) is 229 Å². The molecule has 7 aromatic carbocycles. The van der Waals surface area contributed by atoms with Crippen molar-refractivity contribution in [1.82, 2.24) is 28.7 Å². The highest BCUT2D eigenvalue weighted by Gasteiger charge is 2.53. The fourth-order valence-corrected chi connectivity index (χ4v) is 11.6. The zero-order valence-corrected chi connectivity index (χ0v) is 34.7. The third kappa shape index (κ3) is 4.41. The summed E-state index contributed by atoms with van der Waals surface area (Å²) in [6, 6.07) is 65.3. The van der Waals surface area contributed by atoms with Crippen LogP contribution in [0.3, 0.4) is 0 Å². The van der Waals surface area contributed by atoms with Crippen molar-refractivity contribution in [1.29, 1.82) is 0 Å². The van der Waals surface area contributed by atoms with Gasteiger partial charge in [0.2, 0.25) is 0 Å². The van der Waals surface area contributed by atoms with Crippen molar-refractivity contribution < 1.29 is 4.74 Å². The maximum atomic E-state index is 7.27. The molecule has 0 saturated carbocycles. The molecule has 15 rings (SSSR count). The smallest absolute Gasteiger partial charge is 0.156 e. The number of aromatic nitrogens is 6. The fourth-order valence-electron chi connectivity index (χ4n) is 11.6. The topological polar surface area (TPSA) is 62.7 Å². The molecule has 0 amide bonds. The SMILES string of the molecule is c1ccc2c(c1)Oc1c(-n3c4ccccc4c4cc(-n5c6ccccc6c6ccncc65)ccc43)cccc1C21c2cccnc2-c2ncc(-n3c4ccccc4c4ccccc43)cc21. The van der Waals surface area contributed by atoms with Gasteiger partial charge >= 0.3 is 0 Å². The van der Waals surface area contributed by atoms with Crippen LogP contribution >= 0.6 is 0 Å². The Hall–Kier alpha value is -8.81. The lowest BCUT2D eigenvalue weighted by atomic mass is 9.66. The van der Waals surface area contributed by atoms with Gasteiger partial charge in [-0.25, -0.2) is 0 Å². The molecular weight excluding hydrogens is 797 g/mol. The van der Waals surface area contributed by atoms with E-state index in [2.05, 4.69) is 201 Å². The number of para-hydroxylation sites is 6. The van der Waals surface area contributed by atoms with Crippen LogP contribution in [0.5, 0.6) is 11.5 Å². The van der Waals surface area contributed by atoms with E-state index >= 15 is 0 Å². The first-order valence-electron chi connectivity index (χ1n) is 22.0. The van der Waals surface area contributed by atoms with Crippen molar-refractivity contribution in [3.63, 3.8) is 0 Å². The Morgan fingerprint density at radius 2 is 0.954 bits per heavy atom. The largest absolute Gasteiger partial charge is 0.454 e. The van der Waals surface area contributed by atoms with Gasteiger partial charge in [0, 0.05) is 67.1 Å². The van der Waals surface area contributed by atoms with Gasteiger partial charge in [-0.2, -0.15) is 0 Å². The lowest BCUT2D eigenvalue weighted by Crippen LogP contribution is -2.32. The monoisotopic (exact) mass is 830 g/mol. The number of hydrogen-bond donors (Lipinski definition) is 0. The number of ether oxygens (including phenoxy) is 1. The highest BCUT2D eigenvalue weighted by atomic mass is 16.5. The molecule has 1 aliphatic carbocycles.